The average molecular weight is 687 g/mol. The first kappa shape index (κ1) is 32.6. The van der Waals surface area contributed by atoms with E-state index in [0.29, 0.717) is 61.7 Å². The lowest BCUT2D eigenvalue weighted by atomic mass is 9.95. The largest absolute Gasteiger partial charge is 0.507 e. The summed E-state index contributed by atoms with van der Waals surface area (Å²) in [7, 11) is 1.50. The molecule has 1 fully saturated rings. The lowest BCUT2D eigenvalue weighted by Crippen LogP contribution is -2.29. The van der Waals surface area contributed by atoms with Gasteiger partial charge in [-0.15, -0.1) is 10.2 Å². The van der Waals surface area contributed by atoms with E-state index in [0.717, 1.165) is 23.3 Å². The minimum atomic E-state index is -1.03. The molecule has 1 saturated heterocycles. The number of thioether (sulfide) groups is 1. The number of hydrogen-bond donors (Lipinski definition) is 1. The second-order valence-corrected chi connectivity index (χ2v) is 12.8. The van der Waals surface area contributed by atoms with Gasteiger partial charge in [0, 0.05) is 21.4 Å². The van der Waals surface area contributed by atoms with E-state index in [1.165, 1.54) is 23.8 Å². The molecule has 0 radical (unpaired) electrons. The number of benzene rings is 3. The van der Waals surface area contributed by atoms with Crippen molar-refractivity contribution in [1.82, 2.24) is 10.2 Å². The Kier molecular flexibility index (Phi) is 10.5. The Morgan fingerprint density at radius 2 is 1.78 bits per heavy atom. The van der Waals surface area contributed by atoms with Crippen LogP contribution in [0.4, 0.5) is 5.13 Å². The topological polar surface area (TPSA) is 111 Å². The number of amides is 1. The van der Waals surface area contributed by atoms with Gasteiger partial charge >= 0.3 is 5.91 Å². The summed E-state index contributed by atoms with van der Waals surface area (Å²) < 4.78 is 17.5. The number of aliphatic hydroxyl groups excluding tert-OH is 1. The Morgan fingerprint density at radius 3 is 2.47 bits per heavy atom. The molecule has 0 spiro atoms. The van der Waals surface area contributed by atoms with E-state index in [1.54, 1.807) is 54.6 Å². The predicted octanol–water partition coefficient (Wildman–Crippen LogP) is 7.96. The normalized spacial score (nSPS) is 15.8. The van der Waals surface area contributed by atoms with Crippen molar-refractivity contribution < 1.29 is 28.9 Å². The van der Waals surface area contributed by atoms with Crippen molar-refractivity contribution in [3.63, 3.8) is 0 Å². The molecule has 13 heteroatoms. The van der Waals surface area contributed by atoms with Crippen molar-refractivity contribution in [2.75, 3.05) is 25.2 Å². The third kappa shape index (κ3) is 7.06. The molecule has 234 valence electrons. The molecule has 1 N–H and O–H groups in total. The summed E-state index contributed by atoms with van der Waals surface area (Å²) in [6, 6.07) is 16.0. The number of nitrogens with zero attached hydrogens (tertiary/aromatic N) is 3. The highest BCUT2D eigenvalue weighted by atomic mass is 35.5. The highest BCUT2D eigenvalue weighted by Crippen LogP contribution is 2.46. The summed E-state index contributed by atoms with van der Waals surface area (Å²) in [6.45, 7) is 4.82. The van der Waals surface area contributed by atoms with E-state index < -0.39 is 17.7 Å². The van der Waals surface area contributed by atoms with Gasteiger partial charge in [-0.1, -0.05) is 65.4 Å². The van der Waals surface area contributed by atoms with E-state index in [2.05, 4.69) is 10.2 Å². The molecule has 3 aromatic carbocycles. The molecule has 4 aromatic rings. The summed E-state index contributed by atoms with van der Waals surface area (Å²) in [6.07, 6.45) is 0.845. The molecule has 1 unspecified atom stereocenters. The first-order valence-electron chi connectivity index (χ1n) is 14.0. The minimum Gasteiger partial charge on any atom is -0.507 e. The number of carbonyl (C=O) groups is 2. The standard InChI is InChI=1S/C32H29Cl2N3O6S2/c1-4-14-43-22-11-7-18(8-12-22)28(38)26-27(19-9-13-24(42-5-2)25(15-19)41-3)37(30(40)29(26)39)31-35-36-32(45-31)44-17-20-6-10-21(33)16-23(20)34/h6-13,15-16,27,38H,4-5,14,17H2,1-3H3/b28-26-. The van der Waals surface area contributed by atoms with Gasteiger partial charge in [0.05, 0.1) is 31.9 Å². The van der Waals surface area contributed by atoms with E-state index in [9.17, 15) is 14.7 Å². The molecular formula is C32H29Cl2N3O6S2. The van der Waals surface area contributed by atoms with Gasteiger partial charge in [-0.3, -0.25) is 14.5 Å². The lowest BCUT2D eigenvalue weighted by molar-refractivity contribution is -0.132. The molecule has 5 rings (SSSR count). The number of Topliss-reactive ketones (excluding diaryl/α,β-unsaturated/α-hetero) is 1. The number of aliphatic hydroxyl groups is 1. The van der Waals surface area contributed by atoms with Crippen molar-refractivity contribution in [1.29, 1.82) is 0 Å². The summed E-state index contributed by atoms with van der Waals surface area (Å²) in [4.78, 5) is 28.6. The second-order valence-electron chi connectivity index (χ2n) is 9.76. The van der Waals surface area contributed by atoms with E-state index in [1.807, 2.05) is 19.9 Å². The van der Waals surface area contributed by atoms with Gasteiger partial charge in [0.25, 0.3) is 5.78 Å². The number of ether oxygens (including phenoxy) is 3. The van der Waals surface area contributed by atoms with Crippen LogP contribution in [0.2, 0.25) is 10.0 Å². The van der Waals surface area contributed by atoms with Crippen LogP contribution in [-0.4, -0.2) is 47.3 Å². The number of aromatic nitrogens is 2. The number of halogens is 2. The van der Waals surface area contributed by atoms with Crippen LogP contribution in [0.5, 0.6) is 17.2 Å². The van der Waals surface area contributed by atoms with Crippen LogP contribution < -0.4 is 19.1 Å². The highest BCUT2D eigenvalue weighted by Gasteiger charge is 2.48. The van der Waals surface area contributed by atoms with Gasteiger partial charge in [0.1, 0.15) is 11.5 Å². The number of hydrogen-bond acceptors (Lipinski definition) is 10. The zero-order chi connectivity index (χ0) is 32.1. The zero-order valence-corrected chi connectivity index (χ0v) is 27.7. The van der Waals surface area contributed by atoms with E-state index in [-0.39, 0.29) is 16.5 Å². The van der Waals surface area contributed by atoms with Gasteiger partial charge in [-0.05, 0) is 73.0 Å². The monoisotopic (exact) mass is 685 g/mol. The molecule has 1 atom stereocenters. The smallest absolute Gasteiger partial charge is 0.301 e. The molecule has 2 heterocycles. The predicted molar refractivity (Wildman–Crippen MR) is 177 cm³/mol. The number of ketones is 1. The van der Waals surface area contributed by atoms with Crippen molar-refractivity contribution in [2.24, 2.45) is 0 Å². The number of methoxy groups -OCH3 is 1. The molecule has 1 amide bonds. The Bertz CT molecular complexity index is 1750. The van der Waals surface area contributed by atoms with Crippen LogP contribution in [-0.2, 0) is 15.3 Å². The van der Waals surface area contributed by atoms with Crippen LogP contribution in [0.3, 0.4) is 0 Å². The number of anilines is 1. The Balaban J connectivity index is 1.55. The summed E-state index contributed by atoms with van der Waals surface area (Å²) in [5.74, 6) is -0.00188. The molecule has 0 aliphatic carbocycles. The summed E-state index contributed by atoms with van der Waals surface area (Å²) in [5, 5.41) is 21.3. The fourth-order valence-electron chi connectivity index (χ4n) is 4.70. The summed E-state index contributed by atoms with van der Waals surface area (Å²) in [5.41, 5.74) is 1.63. The fraction of sp³-hybridized carbons (Fsp3) is 0.250. The summed E-state index contributed by atoms with van der Waals surface area (Å²) >= 11 is 14.9. The van der Waals surface area contributed by atoms with Crippen LogP contribution in [0.15, 0.2) is 70.6 Å². The van der Waals surface area contributed by atoms with E-state index >= 15 is 0 Å². The Labute approximate surface area is 278 Å². The van der Waals surface area contributed by atoms with Gasteiger partial charge < -0.3 is 19.3 Å². The molecule has 1 aliphatic rings. The van der Waals surface area contributed by atoms with Crippen molar-refractivity contribution in [2.45, 2.75) is 36.4 Å². The van der Waals surface area contributed by atoms with Crippen molar-refractivity contribution >= 4 is 68.9 Å². The molecule has 9 nitrogen and oxygen atoms in total. The molecule has 1 aliphatic heterocycles. The molecular weight excluding hydrogens is 657 g/mol. The van der Waals surface area contributed by atoms with Gasteiger partial charge in [0.15, 0.2) is 15.8 Å². The van der Waals surface area contributed by atoms with Gasteiger partial charge in [-0.2, -0.15) is 0 Å². The third-order valence-corrected chi connectivity index (χ3v) is 9.51. The number of carbonyl (C=O) groups excluding carboxylic acids is 2. The zero-order valence-electron chi connectivity index (χ0n) is 24.6. The highest BCUT2D eigenvalue weighted by molar-refractivity contribution is 8.00. The van der Waals surface area contributed by atoms with Crippen LogP contribution in [0, 0.1) is 0 Å². The Morgan fingerprint density at radius 1 is 1.00 bits per heavy atom. The van der Waals surface area contributed by atoms with Crippen LogP contribution in [0.25, 0.3) is 5.76 Å². The first-order chi connectivity index (χ1) is 21.7. The average Bonchev–Trinajstić information content (AvgIpc) is 3.61. The number of rotatable bonds is 12. The maximum Gasteiger partial charge on any atom is 0.301 e. The van der Waals surface area contributed by atoms with Crippen molar-refractivity contribution in [3.8, 4) is 17.2 Å². The van der Waals surface area contributed by atoms with Crippen LogP contribution in [0.1, 0.15) is 43.0 Å². The quantitative estimate of drug-likeness (QED) is 0.0522. The third-order valence-electron chi connectivity index (χ3n) is 6.82. The maximum atomic E-state index is 13.7. The molecule has 45 heavy (non-hydrogen) atoms. The first-order valence-corrected chi connectivity index (χ1v) is 16.6. The maximum absolute atomic E-state index is 13.7. The Hall–Kier alpha value is -3.77. The molecule has 0 saturated carbocycles. The van der Waals surface area contributed by atoms with E-state index in [4.69, 9.17) is 37.4 Å². The van der Waals surface area contributed by atoms with Gasteiger partial charge in [-0.25, -0.2) is 0 Å². The minimum absolute atomic E-state index is 0.0919. The fourth-order valence-corrected chi connectivity index (χ4v) is 7.12. The lowest BCUT2D eigenvalue weighted by Gasteiger charge is -2.23. The molecule has 0 bridgehead atoms. The van der Waals surface area contributed by atoms with Crippen molar-refractivity contribution in [3.05, 3.63) is 93.0 Å². The molecule has 1 aromatic heterocycles. The van der Waals surface area contributed by atoms with Gasteiger partial charge in [0.2, 0.25) is 5.13 Å². The van der Waals surface area contributed by atoms with Crippen LogP contribution >= 0.6 is 46.3 Å². The SMILES string of the molecule is CCCOc1ccc(/C(O)=C2/C(=O)C(=O)N(c3nnc(SCc4ccc(Cl)cc4Cl)s3)C2c2ccc(OCC)c(OC)c2)cc1. The second kappa shape index (κ2) is 14.6.